The number of nitrogens with zero attached hydrogens (tertiary/aromatic N) is 1. The molecule has 1 heterocycles. The van der Waals surface area contributed by atoms with Gasteiger partial charge in [0.05, 0.1) is 13.2 Å². The monoisotopic (exact) mass is 320 g/mol. The zero-order valence-electron chi connectivity index (χ0n) is 14.5. The van der Waals surface area contributed by atoms with Crippen LogP contribution in [0, 0.1) is 5.92 Å². The Bertz CT molecular complexity index is 543. The van der Waals surface area contributed by atoms with Crippen LogP contribution in [-0.2, 0) is 0 Å². The second kappa shape index (κ2) is 7.68. The van der Waals surface area contributed by atoms with Crippen molar-refractivity contribution in [1.29, 1.82) is 0 Å². The molecule has 2 atom stereocenters. The standard InChI is InChI=1S/C18H28N2O3/c1-12(2)23-16-8-7-14(10-17(16)22-4)18(21)20-9-5-6-15(11-20)13(3)19/h7-8,10,12-13,15H,5-6,9,11,19H2,1-4H3/t13-,15-/m0/s1. The van der Waals surface area contributed by atoms with Gasteiger partial charge in [-0.15, -0.1) is 0 Å². The molecule has 0 aromatic heterocycles. The fourth-order valence-electron chi connectivity index (χ4n) is 2.96. The minimum atomic E-state index is 0.0322. The summed E-state index contributed by atoms with van der Waals surface area (Å²) in [5.41, 5.74) is 6.63. The maximum absolute atomic E-state index is 12.8. The summed E-state index contributed by atoms with van der Waals surface area (Å²) in [6.45, 7) is 7.44. The molecule has 0 bridgehead atoms. The highest BCUT2D eigenvalue weighted by atomic mass is 16.5. The molecule has 128 valence electrons. The van der Waals surface area contributed by atoms with Crippen LogP contribution in [-0.4, -0.2) is 43.2 Å². The van der Waals surface area contributed by atoms with E-state index in [1.807, 2.05) is 25.7 Å². The van der Waals surface area contributed by atoms with Crippen molar-refractivity contribution in [1.82, 2.24) is 4.90 Å². The first-order chi connectivity index (χ1) is 10.9. The van der Waals surface area contributed by atoms with Gasteiger partial charge in [0.2, 0.25) is 0 Å². The third-order valence-electron chi connectivity index (χ3n) is 4.26. The van der Waals surface area contributed by atoms with Crippen molar-refractivity contribution in [2.45, 2.75) is 45.8 Å². The molecule has 1 amide bonds. The van der Waals surface area contributed by atoms with E-state index in [2.05, 4.69) is 0 Å². The molecule has 1 aromatic rings. The molecule has 1 aliphatic heterocycles. The van der Waals surface area contributed by atoms with Gasteiger partial charge in [0, 0.05) is 24.7 Å². The van der Waals surface area contributed by atoms with Crippen LogP contribution in [0.1, 0.15) is 44.0 Å². The first kappa shape index (κ1) is 17.6. The van der Waals surface area contributed by atoms with E-state index < -0.39 is 0 Å². The predicted molar refractivity (Wildman–Crippen MR) is 91.0 cm³/mol. The van der Waals surface area contributed by atoms with Gasteiger partial charge in [0.25, 0.3) is 5.91 Å². The van der Waals surface area contributed by atoms with E-state index in [1.165, 1.54) is 0 Å². The molecular weight excluding hydrogens is 292 g/mol. The molecule has 2 rings (SSSR count). The average Bonchev–Trinajstić information content (AvgIpc) is 2.54. The number of benzene rings is 1. The molecule has 1 aromatic carbocycles. The third kappa shape index (κ3) is 4.38. The summed E-state index contributed by atoms with van der Waals surface area (Å²) in [6, 6.07) is 5.48. The molecule has 1 aliphatic rings. The Morgan fingerprint density at radius 2 is 2.04 bits per heavy atom. The van der Waals surface area contributed by atoms with Gasteiger partial charge in [0.15, 0.2) is 11.5 Å². The van der Waals surface area contributed by atoms with Gasteiger partial charge in [-0.1, -0.05) is 0 Å². The van der Waals surface area contributed by atoms with Crippen molar-refractivity contribution in [3.63, 3.8) is 0 Å². The second-order valence-corrected chi connectivity index (χ2v) is 6.54. The Morgan fingerprint density at radius 3 is 2.65 bits per heavy atom. The van der Waals surface area contributed by atoms with Crippen LogP contribution < -0.4 is 15.2 Å². The summed E-state index contributed by atoms with van der Waals surface area (Å²) in [6.07, 6.45) is 2.15. The van der Waals surface area contributed by atoms with Crippen molar-refractivity contribution >= 4 is 5.91 Å². The number of likely N-dealkylation sites (tertiary alicyclic amines) is 1. The van der Waals surface area contributed by atoms with Crippen LogP contribution in [0.3, 0.4) is 0 Å². The summed E-state index contributed by atoms with van der Waals surface area (Å²) in [4.78, 5) is 14.7. The fraction of sp³-hybridized carbons (Fsp3) is 0.611. The average molecular weight is 320 g/mol. The summed E-state index contributed by atoms with van der Waals surface area (Å²) < 4.78 is 11.1. The van der Waals surface area contributed by atoms with E-state index in [4.69, 9.17) is 15.2 Å². The van der Waals surface area contributed by atoms with Gasteiger partial charge in [0.1, 0.15) is 0 Å². The minimum absolute atomic E-state index is 0.0322. The van der Waals surface area contributed by atoms with Crippen LogP contribution in [0.25, 0.3) is 0 Å². The molecule has 2 N–H and O–H groups in total. The van der Waals surface area contributed by atoms with Crippen molar-refractivity contribution in [2.75, 3.05) is 20.2 Å². The largest absolute Gasteiger partial charge is 0.493 e. The van der Waals surface area contributed by atoms with Crippen LogP contribution in [0.5, 0.6) is 11.5 Å². The molecule has 0 radical (unpaired) electrons. The van der Waals surface area contributed by atoms with Crippen LogP contribution in [0.2, 0.25) is 0 Å². The van der Waals surface area contributed by atoms with E-state index in [0.717, 1.165) is 25.9 Å². The molecular formula is C18H28N2O3. The fourth-order valence-corrected chi connectivity index (χ4v) is 2.96. The number of piperidine rings is 1. The number of carbonyl (C=O) groups excluding carboxylic acids is 1. The third-order valence-corrected chi connectivity index (χ3v) is 4.26. The number of carbonyl (C=O) groups is 1. The summed E-state index contributed by atoms with van der Waals surface area (Å²) in [5, 5.41) is 0. The lowest BCUT2D eigenvalue weighted by Gasteiger charge is -2.34. The number of amides is 1. The SMILES string of the molecule is COc1cc(C(=O)N2CCC[C@H]([C@H](C)N)C2)ccc1OC(C)C. The summed E-state index contributed by atoms with van der Waals surface area (Å²) in [7, 11) is 1.59. The lowest BCUT2D eigenvalue weighted by molar-refractivity contribution is 0.0660. The molecule has 0 unspecified atom stereocenters. The first-order valence-electron chi connectivity index (χ1n) is 8.32. The lowest BCUT2D eigenvalue weighted by Crippen LogP contribution is -2.45. The van der Waals surface area contributed by atoms with Gasteiger partial charge in [-0.2, -0.15) is 0 Å². The van der Waals surface area contributed by atoms with Crippen molar-refractivity contribution < 1.29 is 14.3 Å². The normalized spacial score (nSPS) is 19.6. The van der Waals surface area contributed by atoms with E-state index in [-0.39, 0.29) is 18.1 Å². The van der Waals surface area contributed by atoms with Gasteiger partial charge < -0.3 is 20.1 Å². The highest BCUT2D eigenvalue weighted by Gasteiger charge is 2.27. The number of ether oxygens (including phenoxy) is 2. The molecule has 0 aliphatic carbocycles. The Kier molecular flexibility index (Phi) is 5.88. The minimum Gasteiger partial charge on any atom is -0.493 e. The zero-order chi connectivity index (χ0) is 17.0. The number of rotatable bonds is 5. The second-order valence-electron chi connectivity index (χ2n) is 6.54. The highest BCUT2D eigenvalue weighted by molar-refractivity contribution is 5.95. The molecule has 0 saturated carbocycles. The predicted octanol–water partition coefficient (Wildman–Crippen LogP) is 2.68. The highest BCUT2D eigenvalue weighted by Crippen LogP contribution is 2.30. The number of methoxy groups -OCH3 is 1. The van der Waals surface area contributed by atoms with E-state index in [0.29, 0.717) is 23.0 Å². The summed E-state index contributed by atoms with van der Waals surface area (Å²) in [5.74, 6) is 1.65. The summed E-state index contributed by atoms with van der Waals surface area (Å²) >= 11 is 0. The number of nitrogens with two attached hydrogens (primary N) is 1. The molecule has 23 heavy (non-hydrogen) atoms. The van der Waals surface area contributed by atoms with E-state index in [1.54, 1.807) is 25.3 Å². The zero-order valence-corrected chi connectivity index (χ0v) is 14.5. The Balaban J connectivity index is 2.15. The first-order valence-corrected chi connectivity index (χ1v) is 8.32. The van der Waals surface area contributed by atoms with Crippen molar-refractivity contribution in [2.24, 2.45) is 11.7 Å². The van der Waals surface area contributed by atoms with Crippen LogP contribution >= 0.6 is 0 Å². The van der Waals surface area contributed by atoms with Crippen LogP contribution in [0.15, 0.2) is 18.2 Å². The van der Waals surface area contributed by atoms with E-state index in [9.17, 15) is 4.79 Å². The van der Waals surface area contributed by atoms with Gasteiger partial charge in [-0.25, -0.2) is 0 Å². The molecule has 0 spiro atoms. The molecule has 5 heteroatoms. The maximum atomic E-state index is 12.8. The smallest absolute Gasteiger partial charge is 0.254 e. The Labute approximate surface area is 138 Å². The number of hydrogen-bond acceptors (Lipinski definition) is 4. The maximum Gasteiger partial charge on any atom is 0.254 e. The molecule has 1 fully saturated rings. The van der Waals surface area contributed by atoms with Crippen molar-refractivity contribution in [3.8, 4) is 11.5 Å². The van der Waals surface area contributed by atoms with Gasteiger partial charge in [-0.3, -0.25) is 4.79 Å². The molecule has 1 saturated heterocycles. The van der Waals surface area contributed by atoms with E-state index >= 15 is 0 Å². The van der Waals surface area contributed by atoms with Crippen molar-refractivity contribution in [3.05, 3.63) is 23.8 Å². The quantitative estimate of drug-likeness (QED) is 0.906. The van der Waals surface area contributed by atoms with Gasteiger partial charge >= 0.3 is 0 Å². The lowest BCUT2D eigenvalue weighted by atomic mass is 9.92. The Hall–Kier alpha value is -1.75. The number of hydrogen-bond donors (Lipinski definition) is 1. The Morgan fingerprint density at radius 1 is 1.30 bits per heavy atom. The topological polar surface area (TPSA) is 64.8 Å². The molecule has 5 nitrogen and oxygen atoms in total. The van der Waals surface area contributed by atoms with Crippen LogP contribution in [0.4, 0.5) is 0 Å². The van der Waals surface area contributed by atoms with Gasteiger partial charge in [-0.05, 0) is 57.7 Å².